The number of para-hydroxylation sites is 1. The summed E-state index contributed by atoms with van der Waals surface area (Å²) < 4.78 is 5.57. The SMILES string of the molecule is CCOc1ccccc1C(=O)C(C)(C)c1ccc(N)cc1. The van der Waals surface area contributed by atoms with Crippen LogP contribution in [-0.4, -0.2) is 12.4 Å². The topological polar surface area (TPSA) is 52.3 Å². The Morgan fingerprint density at radius 1 is 1.10 bits per heavy atom. The highest BCUT2D eigenvalue weighted by molar-refractivity contribution is 6.05. The minimum atomic E-state index is -0.638. The Morgan fingerprint density at radius 2 is 1.71 bits per heavy atom. The first-order chi connectivity index (χ1) is 9.96. The van der Waals surface area contributed by atoms with E-state index in [-0.39, 0.29) is 5.78 Å². The number of hydrogen-bond donors (Lipinski definition) is 1. The van der Waals surface area contributed by atoms with E-state index in [0.717, 1.165) is 5.56 Å². The summed E-state index contributed by atoms with van der Waals surface area (Å²) in [7, 11) is 0. The summed E-state index contributed by atoms with van der Waals surface area (Å²) in [6, 6.07) is 14.8. The number of ketones is 1. The van der Waals surface area contributed by atoms with E-state index < -0.39 is 5.41 Å². The maximum absolute atomic E-state index is 12.9. The predicted octanol–water partition coefficient (Wildman–Crippen LogP) is 3.83. The molecule has 2 N–H and O–H groups in total. The summed E-state index contributed by atoms with van der Waals surface area (Å²) in [4.78, 5) is 12.9. The van der Waals surface area contributed by atoms with Crippen LogP contribution in [0.2, 0.25) is 0 Å². The zero-order valence-electron chi connectivity index (χ0n) is 12.7. The van der Waals surface area contributed by atoms with Gasteiger partial charge < -0.3 is 10.5 Å². The average molecular weight is 283 g/mol. The molecule has 3 heteroatoms. The van der Waals surface area contributed by atoms with E-state index in [1.165, 1.54) is 0 Å². The van der Waals surface area contributed by atoms with Gasteiger partial charge >= 0.3 is 0 Å². The molecule has 110 valence electrons. The molecule has 0 spiro atoms. The second-order valence-corrected chi connectivity index (χ2v) is 5.51. The summed E-state index contributed by atoms with van der Waals surface area (Å²) in [5.74, 6) is 0.671. The number of anilines is 1. The van der Waals surface area contributed by atoms with Gasteiger partial charge in [-0.15, -0.1) is 0 Å². The molecule has 0 aliphatic rings. The molecule has 2 aromatic rings. The third-order valence-corrected chi connectivity index (χ3v) is 3.63. The average Bonchev–Trinajstić information content (AvgIpc) is 2.48. The Labute approximate surface area is 125 Å². The number of Topliss-reactive ketones (excluding diaryl/α,β-unsaturated/α-hetero) is 1. The molecule has 2 aromatic carbocycles. The molecule has 0 aliphatic heterocycles. The Morgan fingerprint density at radius 3 is 2.33 bits per heavy atom. The first-order valence-electron chi connectivity index (χ1n) is 7.09. The van der Waals surface area contributed by atoms with Gasteiger partial charge in [-0.3, -0.25) is 4.79 Å². The monoisotopic (exact) mass is 283 g/mol. The Bertz CT molecular complexity index is 630. The van der Waals surface area contributed by atoms with Crippen LogP contribution in [0.5, 0.6) is 5.75 Å². The second-order valence-electron chi connectivity index (χ2n) is 5.51. The molecule has 0 bridgehead atoms. The molecular weight excluding hydrogens is 262 g/mol. The fourth-order valence-electron chi connectivity index (χ4n) is 2.30. The summed E-state index contributed by atoms with van der Waals surface area (Å²) in [5.41, 5.74) is 7.32. The Balaban J connectivity index is 2.40. The first kappa shape index (κ1) is 15.1. The molecule has 0 aromatic heterocycles. The van der Waals surface area contributed by atoms with Crippen molar-refractivity contribution in [1.82, 2.24) is 0 Å². The van der Waals surface area contributed by atoms with Crippen LogP contribution in [0.3, 0.4) is 0 Å². The van der Waals surface area contributed by atoms with E-state index in [9.17, 15) is 4.79 Å². The lowest BCUT2D eigenvalue weighted by atomic mass is 9.78. The minimum Gasteiger partial charge on any atom is -0.493 e. The molecule has 3 nitrogen and oxygen atoms in total. The van der Waals surface area contributed by atoms with E-state index in [1.54, 1.807) is 0 Å². The number of carbonyl (C=O) groups is 1. The summed E-state index contributed by atoms with van der Waals surface area (Å²) in [6.07, 6.45) is 0. The smallest absolute Gasteiger partial charge is 0.176 e. The normalized spacial score (nSPS) is 11.2. The Hall–Kier alpha value is -2.29. The van der Waals surface area contributed by atoms with Crippen LogP contribution in [-0.2, 0) is 5.41 Å². The predicted molar refractivity (Wildman–Crippen MR) is 85.8 cm³/mol. The van der Waals surface area contributed by atoms with E-state index in [4.69, 9.17) is 10.5 Å². The molecule has 21 heavy (non-hydrogen) atoms. The van der Waals surface area contributed by atoms with Crippen LogP contribution >= 0.6 is 0 Å². The van der Waals surface area contributed by atoms with Crippen molar-refractivity contribution in [2.45, 2.75) is 26.2 Å². The number of nitrogens with two attached hydrogens (primary N) is 1. The number of carbonyl (C=O) groups excluding carboxylic acids is 1. The molecule has 0 radical (unpaired) electrons. The highest BCUT2D eigenvalue weighted by Gasteiger charge is 2.32. The third kappa shape index (κ3) is 3.07. The van der Waals surface area contributed by atoms with E-state index in [1.807, 2.05) is 69.3 Å². The highest BCUT2D eigenvalue weighted by Crippen LogP contribution is 2.31. The van der Waals surface area contributed by atoms with Crippen molar-refractivity contribution >= 4 is 11.5 Å². The second kappa shape index (κ2) is 6.00. The quantitative estimate of drug-likeness (QED) is 0.670. The zero-order valence-corrected chi connectivity index (χ0v) is 12.7. The molecule has 0 fully saturated rings. The van der Waals surface area contributed by atoms with Crippen molar-refractivity contribution in [3.05, 3.63) is 59.7 Å². The van der Waals surface area contributed by atoms with Crippen LogP contribution in [0.15, 0.2) is 48.5 Å². The number of ether oxygens (including phenoxy) is 1. The van der Waals surface area contributed by atoms with Crippen molar-refractivity contribution in [3.63, 3.8) is 0 Å². The third-order valence-electron chi connectivity index (χ3n) is 3.63. The van der Waals surface area contributed by atoms with Gasteiger partial charge in [0.2, 0.25) is 0 Å². The summed E-state index contributed by atoms with van der Waals surface area (Å²) in [5, 5.41) is 0. The van der Waals surface area contributed by atoms with Gasteiger partial charge in [-0.05, 0) is 50.6 Å². The van der Waals surface area contributed by atoms with Gasteiger partial charge in [0.05, 0.1) is 17.6 Å². The molecule has 0 heterocycles. The molecule has 0 saturated heterocycles. The molecule has 0 aliphatic carbocycles. The van der Waals surface area contributed by atoms with Gasteiger partial charge in [-0.2, -0.15) is 0 Å². The van der Waals surface area contributed by atoms with Crippen molar-refractivity contribution in [2.24, 2.45) is 0 Å². The molecule has 2 rings (SSSR count). The largest absolute Gasteiger partial charge is 0.493 e. The maximum atomic E-state index is 12.9. The fourth-order valence-corrected chi connectivity index (χ4v) is 2.30. The van der Waals surface area contributed by atoms with Crippen LogP contribution in [0.4, 0.5) is 5.69 Å². The van der Waals surface area contributed by atoms with Gasteiger partial charge in [-0.1, -0.05) is 24.3 Å². The number of rotatable bonds is 5. The number of nitrogen functional groups attached to an aromatic ring is 1. The van der Waals surface area contributed by atoms with Crippen LogP contribution in [0.25, 0.3) is 0 Å². The van der Waals surface area contributed by atoms with Gasteiger partial charge in [0.25, 0.3) is 0 Å². The summed E-state index contributed by atoms with van der Waals surface area (Å²) >= 11 is 0. The zero-order chi connectivity index (χ0) is 15.5. The molecule has 0 unspecified atom stereocenters. The molecule has 0 amide bonds. The maximum Gasteiger partial charge on any atom is 0.176 e. The first-order valence-corrected chi connectivity index (χ1v) is 7.09. The number of hydrogen-bond acceptors (Lipinski definition) is 3. The van der Waals surface area contributed by atoms with Gasteiger partial charge in [0, 0.05) is 5.69 Å². The number of benzene rings is 2. The van der Waals surface area contributed by atoms with Crippen molar-refractivity contribution < 1.29 is 9.53 Å². The van der Waals surface area contributed by atoms with Crippen molar-refractivity contribution in [2.75, 3.05) is 12.3 Å². The highest BCUT2D eigenvalue weighted by atomic mass is 16.5. The Kier molecular flexibility index (Phi) is 4.32. The summed E-state index contributed by atoms with van der Waals surface area (Å²) in [6.45, 7) is 6.28. The van der Waals surface area contributed by atoms with Crippen LogP contribution in [0, 0.1) is 0 Å². The fraction of sp³-hybridized carbons (Fsp3) is 0.278. The standard InChI is InChI=1S/C18H21NO2/c1-4-21-16-8-6-5-7-15(16)17(20)18(2,3)13-9-11-14(19)12-10-13/h5-12H,4,19H2,1-3H3. The molecular formula is C18H21NO2. The molecule has 0 saturated carbocycles. The lowest BCUT2D eigenvalue weighted by Gasteiger charge is -2.25. The van der Waals surface area contributed by atoms with Crippen molar-refractivity contribution in [1.29, 1.82) is 0 Å². The minimum absolute atomic E-state index is 0.0383. The van der Waals surface area contributed by atoms with E-state index in [0.29, 0.717) is 23.6 Å². The van der Waals surface area contributed by atoms with Gasteiger partial charge in [0.1, 0.15) is 5.75 Å². The van der Waals surface area contributed by atoms with Gasteiger partial charge in [-0.25, -0.2) is 0 Å². The molecule has 0 atom stereocenters. The van der Waals surface area contributed by atoms with E-state index >= 15 is 0 Å². The van der Waals surface area contributed by atoms with Crippen LogP contribution in [0.1, 0.15) is 36.7 Å². The van der Waals surface area contributed by atoms with Gasteiger partial charge in [0.15, 0.2) is 5.78 Å². The van der Waals surface area contributed by atoms with E-state index in [2.05, 4.69) is 0 Å². The lowest BCUT2D eigenvalue weighted by molar-refractivity contribution is 0.0905. The lowest BCUT2D eigenvalue weighted by Crippen LogP contribution is -2.29. The van der Waals surface area contributed by atoms with Crippen molar-refractivity contribution in [3.8, 4) is 5.75 Å². The van der Waals surface area contributed by atoms with Crippen LogP contribution < -0.4 is 10.5 Å².